The highest BCUT2D eigenvalue weighted by atomic mass is 14.7. The van der Waals surface area contributed by atoms with E-state index in [4.69, 9.17) is 11.5 Å². The lowest BCUT2D eigenvalue weighted by Crippen LogP contribution is -2.40. The van der Waals surface area contributed by atoms with Crippen LogP contribution in [0.15, 0.2) is 24.3 Å². The fourth-order valence-electron chi connectivity index (χ4n) is 2.32. The average molecular weight is 220 g/mol. The third-order valence-electron chi connectivity index (χ3n) is 3.23. The summed E-state index contributed by atoms with van der Waals surface area (Å²) in [5.74, 6) is 0. The van der Waals surface area contributed by atoms with Crippen LogP contribution in [0.3, 0.4) is 0 Å². The maximum absolute atomic E-state index is 6.14. The van der Waals surface area contributed by atoms with Gasteiger partial charge in [-0.3, -0.25) is 0 Å². The Morgan fingerprint density at radius 2 is 1.56 bits per heavy atom. The molecule has 0 aromatic heterocycles. The summed E-state index contributed by atoms with van der Waals surface area (Å²) in [6.07, 6.45) is 2.05. The summed E-state index contributed by atoms with van der Waals surface area (Å²) in [6, 6.07) is 8.16. The average Bonchev–Trinajstić information content (AvgIpc) is 2.16. The monoisotopic (exact) mass is 220 g/mol. The molecule has 2 heteroatoms. The molecule has 0 spiro atoms. The Balaban J connectivity index is 3.00. The summed E-state index contributed by atoms with van der Waals surface area (Å²) >= 11 is 0. The molecule has 0 amide bonds. The first-order valence-electron chi connectivity index (χ1n) is 5.92. The van der Waals surface area contributed by atoms with E-state index >= 15 is 0 Å². The van der Waals surface area contributed by atoms with Crippen LogP contribution in [-0.2, 0) is 5.41 Å². The molecule has 0 fully saturated rings. The Hall–Kier alpha value is -1.02. The topological polar surface area (TPSA) is 52.0 Å². The maximum atomic E-state index is 6.14. The molecule has 0 radical (unpaired) electrons. The molecule has 1 aromatic carbocycles. The van der Waals surface area contributed by atoms with Crippen molar-refractivity contribution in [3.05, 3.63) is 29.8 Å². The molecular formula is C14H24N2. The Morgan fingerprint density at radius 3 is 1.94 bits per heavy atom. The number of rotatable bonds is 4. The van der Waals surface area contributed by atoms with Crippen molar-refractivity contribution < 1.29 is 0 Å². The fourth-order valence-corrected chi connectivity index (χ4v) is 2.32. The zero-order valence-corrected chi connectivity index (χ0v) is 10.9. The molecule has 0 aliphatic rings. The molecule has 0 saturated heterocycles. The highest BCUT2D eigenvalue weighted by molar-refractivity contribution is 5.41. The number of hydrogen-bond donors (Lipinski definition) is 2. The van der Waals surface area contributed by atoms with E-state index in [0.717, 1.165) is 18.5 Å². The molecule has 1 unspecified atom stereocenters. The molecule has 0 aliphatic carbocycles. The summed E-state index contributed by atoms with van der Waals surface area (Å²) in [6.45, 7) is 8.64. The molecule has 2 nitrogen and oxygen atoms in total. The van der Waals surface area contributed by atoms with E-state index < -0.39 is 0 Å². The molecule has 1 rings (SSSR count). The third-order valence-corrected chi connectivity index (χ3v) is 3.23. The van der Waals surface area contributed by atoms with Crippen LogP contribution in [0.4, 0.5) is 5.69 Å². The molecular weight excluding hydrogens is 196 g/mol. The van der Waals surface area contributed by atoms with Crippen LogP contribution in [-0.4, -0.2) is 5.54 Å². The van der Waals surface area contributed by atoms with Crippen molar-refractivity contribution >= 4 is 5.69 Å². The van der Waals surface area contributed by atoms with Crippen molar-refractivity contribution in [2.45, 2.75) is 51.5 Å². The summed E-state index contributed by atoms with van der Waals surface area (Å²) in [4.78, 5) is 0. The SMILES string of the molecule is CCC(C)(CC(C)(C)N)c1ccc(N)cc1. The van der Waals surface area contributed by atoms with Gasteiger partial charge in [-0.25, -0.2) is 0 Å². The zero-order chi connectivity index (χ0) is 12.4. The van der Waals surface area contributed by atoms with Crippen molar-refractivity contribution in [2.75, 3.05) is 5.73 Å². The van der Waals surface area contributed by atoms with E-state index in [9.17, 15) is 0 Å². The predicted octanol–water partition coefficient (Wildman–Crippen LogP) is 3.06. The molecule has 0 saturated carbocycles. The fraction of sp³-hybridized carbons (Fsp3) is 0.571. The van der Waals surface area contributed by atoms with E-state index in [1.54, 1.807) is 0 Å². The number of anilines is 1. The highest BCUT2D eigenvalue weighted by Gasteiger charge is 2.30. The number of nitrogens with two attached hydrogens (primary N) is 2. The Bertz CT molecular complexity index is 335. The minimum Gasteiger partial charge on any atom is -0.399 e. The van der Waals surface area contributed by atoms with Gasteiger partial charge in [0.1, 0.15) is 0 Å². The summed E-state index contributed by atoms with van der Waals surface area (Å²) in [5, 5.41) is 0. The van der Waals surface area contributed by atoms with Crippen LogP contribution >= 0.6 is 0 Å². The lowest BCUT2D eigenvalue weighted by molar-refractivity contribution is 0.319. The quantitative estimate of drug-likeness (QED) is 0.766. The van der Waals surface area contributed by atoms with Crippen molar-refractivity contribution in [2.24, 2.45) is 5.73 Å². The number of benzene rings is 1. The van der Waals surface area contributed by atoms with Gasteiger partial charge in [-0.1, -0.05) is 26.0 Å². The Labute approximate surface area is 99.0 Å². The lowest BCUT2D eigenvalue weighted by Gasteiger charge is -2.35. The van der Waals surface area contributed by atoms with Crippen LogP contribution in [0, 0.1) is 0 Å². The van der Waals surface area contributed by atoms with E-state index in [2.05, 4.69) is 39.8 Å². The van der Waals surface area contributed by atoms with E-state index in [0.29, 0.717) is 0 Å². The minimum atomic E-state index is -0.147. The number of nitrogen functional groups attached to an aromatic ring is 1. The first-order chi connectivity index (χ1) is 7.27. The molecule has 0 heterocycles. The van der Waals surface area contributed by atoms with Crippen molar-refractivity contribution in [3.8, 4) is 0 Å². The first-order valence-corrected chi connectivity index (χ1v) is 5.92. The summed E-state index contributed by atoms with van der Waals surface area (Å²) < 4.78 is 0. The van der Waals surface area contributed by atoms with Crippen LogP contribution in [0.5, 0.6) is 0 Å². The van der Waals surface area contributed by atoms with Crippen molar-refractivity contribution in [3.63, 3.8) is 0 Å². The van der Waals surface area contributed by atoms with Crippen LogP contribution in [0.1, 0.15) is 46.1 Å². The molecule has 4 N–H and O–H groups in total. The van der Waals surface area contributed by atoms with Crippen molar-refractivity contribution in [1.29, 1.82) is 0 Å². The second kappa shape index (κ2) is 4.46. The van der Waals surface area contributed by atoms with Gasteiger partial charge in [0.05, 0.1) is 0 Å². The van der Waals surface area contributed by atoms with Gasteiger partial charge in [0.15, 0.2) is 0 Å². The molecule has 0 aliphatic heterocycles. The van der Waals surface area contributed by atoms with Gasteiger partial charge in [0.2, 0.25) is 0 Å². The Kier molecular flexibility index (Phi) is 3.64. The lowest BCUT2D eigenvalue weighted by atomic mass is 9.72. The van der Waals surface area contributed by atoms with Crippen LogP contribution in [0.2, 0.25) is 0 Å². The second-order valence-electron chi connectivity index (χ2n) is 5.70. The first kappa shape index (κ1) is 13.0. The molecule has 1 atom stereocenters. The summed E-state index contributed by atoms with van der Waals surface area (Å²) in [7, 11) is 0. The Morgan fingerprint density at radius 1 is 1.06 bits per heavy atom. The van der Waals surface area contributed by atoms with Gasteiger partial charge in [-0.05, 0) is 49.8 Å². The van der Waals surface area contributed by atoms with Gasteiger partial charge in [-0.15, -0.1) is 0 Å². The highest BCUT2D eigenvalue weighted by Crippen LogP contribution is 2.35. The van der Waals surface area contributed by atoms with Gasteiger partial charge in [0.25, 0.3) is 0 Å². The van der Waals surface area contributed by atoms with Gasteiger partial charge < -0.3 is 11.5 Å². The van der Waals surface area contributed by atoms with E-state index in [-0.39, 0.29) is 11.0 Å². The van der Waals surface area contributed by atoms with Gasteiger partial charge in [-0.2, -0.15) is 0 Å². The predicted molar refractivity (Wildman–Crippen MR) is 71.4 cm³/mol. The van der Waals surface area contributed by atoms with Crippen LogP contribution < -0.4 is 11.5 Å². The maximum Gasteiger partial charge on any atom is 0.0314 e. The molecule has 16 heavy (non-hydrogen) atoms. The largest absolute Gasteiger partial charge is 0.399 e. The molecule has 1 aromatic rings. The van der Waals surface area contributed by atoms with E-state index in [1.807, 2.05) is 12.1 Å². The second-order valence-corrected chi connectivity index (χ2v) is 5.70. The minimum absolute atomic E-state index is 0.131. The summed E-state index contributed by atoms with van der Waals surface area (Å²) in [5.41, 5.74) is 14.0. The van der Waals surface area contributed by atoms with Gasteiger partial charge in [0, 0.05) is 11.2 Å². The number of hydrogen-bond acceptors (Lipinski definition) is 2. The van der Waals surface area contributed by atoms with Crippen molar-refractivity contribution in [1.82, 2.24) is 0 Å². The molecule has 90 valence electrons. The third kappa shape index (κ3) is 3.24. The van der Waals surface area contributed by atoms with E-state index in [1.165, 1.54) is 5.56 Å². The molecule has 0 bridgehead atoms. The standard InChI is InChI=1S/C14H24N2/c1-5-14(4,10-13(2,3)16)11-6-8-12(15)9-7-11/h6-9H,5,10,15-16H2,1-4H3. The van der Waals surface area contributed by atoms with Gasteiger partial charge >= 0.3 is 0 Å². The van der Waals surface area contributed by atoms with Crippen LogP contribution in [0.25, 0.3) is 0 Å². The zero-order valence-electron chi connectivity index (χ0n) is 10.9. The smallest absolute Gasteiger partial charge is 0.0314 e. The normalized spacial score (nSPS) is 15.8.